The zero-order valence-corrected chi connectivity index (χ0v) is 45.2. The number of rotatable bonds is 26. The number of phenols is 2. The number of carbonyl (C=O) groups excluding carboxylic acids is 4. The smallest absolute Gasteiger partial charge is 0.550 e. The number of Topliss-reactive ketones (excluding diaryl/α,β-unsaturated/α-hetero) is 2. The second-order valence-corrected chi connectivity index (χ2v) is 18.1. The number of ether oxygens (including phenoxy) is 2. The van der Waals surface area contributed by atoms with Crippen molar-refractivity contribution in [1.29, 1.82) is 0 Å². The third-order valence-electron chi connectivity index (χ3n) is 10.4. The van der Waals surface area contributed by atoms with E-state index in [0.717, 1.165) is 47.0 Å². The van der Waals surface area contributed by atoms with Gasteiger partial charge < -0.3 is 49.7 Å². The molecule has 0 amide bonds. The molecule has 0 aliphatic rings. The van der Waals surface area contributed by atoms with E-state index in [9.17, 15) is 49.8 Å². The Morgan fingerprint density at radius 2 is 0.909 bits per heavy atom. The van der Waals surface area contributed by atoms with Crippen LogP contribution in [0.15, 0.2) is 82.6 Å². The molecule has 0 bridgehead atoms. The number of ketones is 2. The molecule has 0 radical (unpaired) electrons. The van der Waals surface area contributed by atoms with Crippen molar-refractivity contribution in [2.45, 2.75) is 115 Å². The average molecular weight is 965 g/mol. The Morgan fingerprint density at radius 1 is 0.576 bits per heavy atom. The molecule has 4 rings (SSSR count). The first-order chi connectivity index (χ1) is 30.5. The number of aliphatic hydroxyl groups excluding tert-OH is 2. The van der Waals surface area contributed by atoms with Gasteiger partial charge in [-0.1, -0.05) is 64.8 Å². The van der Waals surface area contributed by atoms with E-state index in [1.165, 1.54) is 13.8 Å². The van der Waals surface area contributed by atoms with Crippen LogP contribution in [0.2, 0.25) is 0 Å². The number of benzene rings is 4. The Labute approximate surface area is 442 Å². The zero-order chi connectivity index (χ0) is 47.3. The van der Waals surface area contributed by atoms with Crippen LogP contribution >= 0.6 is 23.5 Å². The molecule has 0 aliphatic carbocycles. The van der Waals surface area contributed by atoms with Crippen molar-refractivity contribution in [1.82, 2.24) is 0 Å². The molecule has 12 nitrogen and oxygen atoms in total. The fourth-order valence-corrected chi connectivity index (χ4v) is 8.50. The Kier molecular flexibility index (Phi) is 29.5. The van der Waals surface area contributed by atoms with E-state index in [0.29, 0.717) is 70.9 Å². The molecule has 16 heteroatoms. The molecule has 0 saturated heterocycles. The van der Waals surface area contributed by atoms with Crippen LogP contribution in [0, 0.1) is 11.8 Å². The maximum absolute atomic E-state index is 11.7. The fraction of sp³-hybridized carbons (Fsp3) is 0.440. The van der Waals surface area contributed by atoms with Gasteiger partial charge in [-0.3, -0.25) is 9.59 Å². The van der Waals surface area contributed by atoms with Gasteiger partial charge in [-0.15, -0.1) is 23.5 Å². The van der Waals surface area contributed by atoms with Gasteiger partial charge in [0, 0.05) is 44.4 Å². The Bertz CT molecular complexity index is 1980. The van der Waals surface area contributed by atoms with E-state index in [1.54, 1.807) is 61.6 Å². The Hall–Kier alpha value is -3.02. The number of phenolic OH excluding ortho intramolecular Hbond substituents is 2. The maximum atomic E-state index is 11.7. The van der Waals surface area contributed by atoms with Crippen molar-refractivity contribution in [2.24, 2.45) is 11.8 Å². The van der Waals surface area contributed by atoms with Crippen molar-refractivity contribution in [2.75, 3.05) is 24.7 Å². The number of carbonyl (C=O) groups is 4. The van der Waals surface area contributed by atoms with Gasteiger partial charge >= 0.3 is 59.1 Å². The van der Waals surface area contributed by atoms with Crippen molar-refractivity contribution in [3.63, 3.8) is 0 Å². The number of thioether (sulfide) groups is 2. The van der Waals surface area contributed by atoms with Crippen LogP contribution in [0.4, 0.5) is 0 Å². The second-order valence-electron chi connectivity index (χ2n) is 15.7. The Morgan fingerprint density at radius 3 is 1.20 bits per heavy atom. The summed E-state index contributed by atoms with van der Waals surface area (Å²) < 4.78 is 11.8. The van der Waals surface area contributed by atoms with Crippen molar-refractivity contribution in [3.8, 4) is 23.0 Å². The molecule has 4 N–H and O–H groups in total. The summed E-state index contributed by atoms with van der Waals surface area (Å²) in [6, 6.07) is 21.6. The van der Waals surface area contributed by atoms with Gasteiger partial charge in [0.15, 0.2) is 11.6 Å². The summed E-state index contributed by atoms with van der Waals surface area (Å²) in [6.45, 7) is 11.2. The van der Waals surface area contributed by atoms with Crippen LogP contribution < -0.4 is 78.8 Å². The molecule has 0 saturated carbocycles. The largest absolute Gasteiger partial charge is 1.00 e. The van der Waals surface area contributed by atoms with Crippen LogP contribution in [0.1, 0.15) is 135 Å². The quantitative estimate of drug-likeness (QED) is 0.0306. The average Bonchev–Trinajstić information content (AvgIpc) is 3.25. The predicted molar refractivity (Wildman–Crippen MR) is 246 cm³/mol. The minimum atomic E-state index is -1.17. The summed E-state index contributed by atoms with van der Waals surface area (Å²) in [5.74, 6) is -0.612. The van der Waals surface area contributed by atoms with Gasteiger partial charge in [0.2, 0.25) is 0 Å². The SMILES string of the molecule is CCCc1c(OCCCSc2ccc(C(O)C(C)CC(=O)[O-])cc2)ccc(C(C)=O)c1O.CCCc1c(OCCCSc2ccc(C(O)C(C)CC(=O)[O-])cc2)ccc(C(C)=O)c1O.[Na+].[Na+]. The molecule has 0 heterocycles. The second kappa shape index (κ2) is 31.9. The van der Waals surface area contributed by atoms with Crippen LogP contribution in [-0.2, 0) is 22.4 Å². The summed E-state index contributed by atoms with van der Waals surface area (Å²) in [4.78, 5) is 46.8. The fourth-order valence-electron chi connectivity index (χ4n) is 6.85. The molecule has 0 spiro atoms. The van der Waals surface area contributed by atoms with Crippen molar-refractivity contribution >= 4 is 47.0 Å². The molecule has 348 valence electrons. The van der Waals surface area contributed by atoms with Crippen molar-refractivity contribution < 1.29 is 118 Å². The number of hydrogen-bond donors (Lipinski definition) is 4. The van der Waals surface area contributed by atoms with E-state index in [2.05, 4.69) is 0 Å². The summed E-state index contributed by atoms with van der Waals surface area (Å²) in [7, 11) is 0. The molecular weight excluding hydrogens is 903 g/mol. The molecule has 66 heavy (non-hydrogen) atoms. The topological polar surface area (TPSA) is 214 Å². The molecule has 0 aromatic heterocycles. The van der Waals surface area contributed by atoms with Crippen LogP contribution in [0.3, 0.4) is 0 Å². The molecular formula is C50H62Na2O12S2. The molecule has 4 atom stereocenters. The molecule has 4 aromatic carbocycles. The predicted octanol–water partition coefficient (Wildman–Crippen LogP) is 1.84. The number of hydrogen-bond acceptors (Lipinski definition) is 14. The summed E-state index contributed by atoms with van der Waals surface area (Å²) in [6.07, 6.45) is 2.45. The maximum Gasteiger partial charge on any atom is 1.00 e. The number of aliphatic carboxylic acids is 2. The van der Waals surface area contributed by atoms with Gasteiger partial charge in [0.1, 0.15) is 23.0 Å². The third-order valence-corrected chi connectivity index (χ3v) is 12.6. The molecule has 4 unspecified atom stereocenters. The van der Waals surface area contributed by atoms with Crippen LogP contribution in [0.25, 0.3) is 0 Å². The van der Waals surface area contributed by atoms with Gasteiger partial charge in [-0.2, -0.15) is 0 Å². The molecule has 4 aromatic rings. The molecule has 0 fully saturated rings. The zero-order valence-electron chi connectivity index (χ0n) is 39.6. The molecule has 0 aliphatic heterocycles. The summed E-state index contributed by atoms with van der Waals surface area (Å²) in [5.41, 5.74) is 3.36. The van der Waals surface area contributed by atoms with E-state index in [1.807, 2.05) is 62.4 Å². The minimum Gasteiger partial charge on any atom is -0.550 e. The van der Waals surface area contributed by atoms with Crippen LogP contribution in [-0.4, -0.2) is 68.7 Å². The van der Waals surface area contributed by atoms with E-state index in [4.69, 9.17) is 9.47 Å². The standard InChI is InChI=1S/2C25H32O6S.2Na/c2*1-4-6-21-22(12-11-20(17(3)26)25(21)30)31-13-5-14-32-19-9-7-18(8-10-19)24(29)16(2)15-23(27)28;;/h2*7-12,16,24,29-30H,4-6,13-15H2,1-3H3,(H,27,28);;/q;;2*+1/p-2. The number of aliphatic hydroxyl groups is 2. The first-order valence-electron chi connectivity index (χ1n) is 21.7. The first-order valence-corrected chi connectivity index (χ1v) is 23.6. The van der Waals surface area contributed by atoms with Gasteiger partial charge in [-0.25, -0.2) is 0 Å². The summed E-state index contributed by atoms with van der Waals surface area (Å²) >= 11 is 3.32. The number of carboxylic acids is 2. The Balaban J connectivity index is 0.000000641. The third kappa shape index (κ3) is 19.9. The normalized spacial score (nSPS) is 12.5. The van der Waals surface area contributed by atoms with Gasteiger partial charge in [0.05, 0.1) is 36.5 Å². The van der Waals surface area contributed by atoms with Crippen molar-refractivity contribution in [3.05, 3.63) is 106 Å². The van der Waals surface area contributed by atoms with Gasteiger partial charge in [-0.05, 0) is 124 Å². The minimum absolute atomic E-state index is 0. The van der Waals surface area contributed by atoms with Gasteiger partial charge in [0.25, 0.3) is 0 Å². The van der Waals surface area contributed by atoms with E-state index >= 15 is 0 Å². The van der Waals surface area contributed by atoms with E-state index in [-0.39, 0.29) is 95.0 Å². The van der Waals surface area contributed by atoms with Crippen LogP contribution in [0.5, 0.6) is 23.0 Å². The monoisotopic (exact) mass is 964 g/mol. The number of aromatic hydroxyl groups is 2. The van der Waals surface area contributed by atoms with E-state index < -0.39 is 36.0 Å². The first kappa shape index (κ1) is 61.0. The number of carboxylic acid groups (broad SMARTS) is 2. The summed E-state index contributed by atoms with van der Waals surface area (Å²) in [5, 5.41) is 62.8.